The predicted octanol–water partition coefficient (Wildman–Crippen LogP) is 1.07. The number of rotatable bonds is 5. The molecule has 0 spiro atoms. The molecule has 1 aliphatic heterocycles. The molecule has 0 unspecified atom stereocenters. The van der Waals surface area contributed by atoms with Crippen LogP contribution < -0.4 is 4.90 Å². The lowest BCUT2D eigenvalue weighted by molar-refractivity contribution is -0.967. The summed E-state index contributed by atoms with van der Waals surface area (Å²) in [6.07, 6.45) is 1.94. The molecule has 6 heteroatoms. The molecular formula is C18H28N5O+. The van der Waals surface area contributed by atoms with Gasteiger partial charge < -0.3 is 9.64 Å². The molecule has 1 fully saturated rings. The molecule has 1 aromatic carbocycles. The molecule has 1 N–H and O–H groups in total. The van der Waals surface area contributed by atoms with E-state index in [0.717, 1.165) is 50.7 Å². The SMILES string of the molecule is CCc1cccc(C)c1-n1nnnc1[C@](C)(CC)[NH+]1CCOCC1. The fourth-order valence-electron chi connectivity index (χ4n) is 3.73. The summed E-state index contributed by atoms with van der Waals surface area (Å²) in [6.45, 7) is 12.4. The van der Waals surface area contributed by atoms with Gasteiger partial charge in [-0.3, -0.25) is 0 Å². The quantitative estimate of drug-likeness (QED) is 0.891. The second-order valence-corrected chi connectivity index (χ2v) is 6.75. The summed E-state index contributed by atoms with van der Waals surface area (Å²) in [6, 6.07) is 6.40. The van der Waals surface area contributed by atoms with E-state index in [0.29, 0.717) is 0 Å². The Kier molecular flexibility index (Phi) is 4.96. The van der Waals surface area contributed by atoms with E-state index in [4.69, 9.17) is 4.74 Å². The molecule has 0 amide bonds. The lowest BCUT2D eigenvalue weighted by Gasteiger charge is -2.38. The van der Waals surface area contributed by atoms with Crippen molar-refractivity contribution < 1.29 is 9.64 Å². The van der Waals surface area contributed by atoms with Crippen LogP contribution >= 0.6 is 0 Å². The van der Waals surface area contributed by atoms with Crippen molar-refractivity contribution in [2.45, 2.75) is 46.1 Å². The molecule has 2 heterocycles. The van der Waals surface area contributed by atoms with E-state index < -0.39 is 0 Å². The van der Waals surface area contributed by atoms with Gasteiger partial charge in [-0.25, -0.2) is 0 Å². The van der Waals surface area contributed by atoms with Gasteiger partial charge in [-0.1, -0.05) is 32.0 Å². The second kappa shape index (κ2) is 6.99. The molecule has 0 saturated carbocycles. The van der Waals surface area contributed by atoms with Gasteiger partial charge in [-0.2, -0.15) is 4.68 Å². The molecule has 2 aromatic rings. The summed E-state index contributed by atoms with van der Waals surface area (Å²) in [5.41, 5.74) is 3.49. The molecule has 6 nitrogen and oxygen atoms in total. The second-order valence-electron chi connectivity index (χ2n) is 6.75. The smallest absolute Gasteiger partial charge is 0.216 e. The van der Waals surface area contributed by atoms with E-state index in [1.165, 1.54) is 16.0 Å². The highest BCUT2D eigenvalue weighted by Gasteiger charge is 2.42. The monoisotopic (exact) mass is 330 g/mol. The standard InChI is InChI=1S/C18H27N5O/c1-5-15-9-7-8-14(3)16(15)23-17(19-20-21-23)18(4,6-2)22-10-12-24-13-11-22/h7-9H,5-6,10-13H2,1-4H3/p+1/t18-/m0/s1. The molecule has 1 saturated heterocycles. The van der Waals surface area contributed by atoms with Crippen LogP contribution in [0.15, 0.2) is 18.2 Å². The number of aryl methyl sites for hydroxylation is 2. The van der Waals surface area contributed by atoms with Crippen molar-refractivity contribution in [3.8, 4) is 5.69 Å². The van der Waals surface area contributed by atoms with Crippen molar-refractivity contribution in [2.75, 3.05) is 26.3 Å². The Balaban J connectivity index is 2.10. The van der Waals surface area contributed by atoms with E-state index in [2.05, 4.69) is 61.4 Å². The first-order chi connectivity index (χ1) is 11.6. The zero-order valence-corrected chi connectivity index (χ0v) is 15.2. The molecule has 0 radical (unpaired) electrons. The maximum Gasteiger partial charge on any atom is 0.216 e. The first kappa shape index (κ1) is 17.0. The summed E-state index contributed by atoms with van der Waals surface area (Å²) in [5.74, 6) is 0.950. The number of para-hydroxylation sites is 1. The van der Waals surface area contributed by atoms with Crippen LogP contribution in [0.2, 0.25) is 0 Å². The van der Waals surface area contributed by atoms with Crippen LogP contribution in [0.25, 0.3) is 5.69 Å². The predicted molar refractivity (Wildman–Crippen MR) is 92.4 cm³/mol. The Hall–Kier alpha value is -1.79. The molecular weight excluding hydrogens is 302 g/mol. The molecule has 1 aliphatic rings. The summed E-state index contributed by atoms with van der Waals surface area (Å²) >= 11 is 0. The van der Waals surface area contributed by atoms with E-state index in [9.17, 15) is 0 Å². The summed E-state index contributed by atoms with van der Waals surface area (Å²) in [7, 11) is 0. The number of hydrogen-bond donors (Lipinski definition) is 1. The highest BCUT2D eigenvalue weighted by molar-refractivity contribution is 5.47. The summed E-state index contributed by atoms with van der Waals surface area (Å²) in [4.78, 5) is 1.50. The van der Waals surface area contributed by atoms with Crippen molar-refractivity contribution in [1.29, 1.82) is 0 Å². The van der Waals surface area contributed by atoms with E-state index in [-0.39, 0.29) is 5.54 Å². The molecule has 0 bridgehead atoms. The highest BCUT2D eigenvalue weighted by Crippen LogP contribution is 2.25. The molecule has 24 heavy (non-hydrogen) atoms. The van der Waals surface area contributed by atoms with Gasteiger partial charge >= 0.3 is 0 Å². The zero-order chi connectivity index (χ0) is 17.2. The minimum atomic E-state index is -0.124. The topological polar surface area (TPSA) is 57.3 Å². The van der Waals surface area contributed by atoms with Crippen LogP contribution in [0, 0.1) is 6.92 Å². The maximum absolute atomic E-state index is 5.55. The largest absolute Gasteiger partial charge is 0.370 e. The van der Waals surface area contributed by atoms with Gasteiger partial charge in [0, 0.05) is 6.42 Å². The van der Waals surface area contributed by atoms with Crippen molar-refractivity contribution in [2.24, 2.45) is 0 Å². The number of tetrazole rings is 1. The van der Waals surface area contributed by atoms with Crippen molar-refractivity contribution in [3.63, 3.8) is 0 Å². The van der Waals surface area contributed by atoms with Crippen molar-refractivity contribution >= 4 is 0 Å². The average molecular weight is 330 g/mol. The molecule has 0 aliphatic carbocycles. The van der Waals surface area contributed by atoms with Gasteiger partial charge in [0.15, 0.2) is 5.54 Å². The van der Waals surface area contributed by atoms with Gasteiger partial charge in [-0.05, 0) is 41.8 Å². The third-order valence-electron chi connectivity index (χ3n) is 5.46. The van der Waals surface area contributed by atoms with Gasteiger partial charge in [0.25, 0.3) is 0 Å². The van der Waals surface area contributed by atoms with Gasteiger partial charge in [0.2, 0.25) is 5.82 Å². The maximum atomic E-state index is 5.55. The number of nitrogens with zero attached hydrogens (tertiary/aromatic N) is 4. The molecule has 3 rings (SSSR count). The Labute approximate surface area is 143 Å². The third kappa shape index (κ3) is 2.84. The fourth-order valence-corrected chi connectivity index (χ4v) is 3.73. The lowest BCUT2D eigenvalue weighted by Crippen LogP contribution is -3.20. The number of nitrogens with one attached hydrogen (secondary N) is 1. The van der Waals surface area contributed by atoms with Gasteiger partial charge in [0.1, 0.15) is 13.1 Å². The zero-order valence-electron chi connectivity index (χ0n) is 15.2. The fraction of sp³-hybridized carbons (Fsp3) is 0.611. The Morgan fingerprint density at radius 1 is 1.25 bits per heavy atom. The number of aromatic nitrogens is 4. The van der Waals surface area contributed by atoms with Crippen molar-refractivity contribution in [1.82, 2.24) is 20.2 Å². The highest BCUT2D eigenvalue weighted by atomic mass is 16.5. The van der Waals surface area contributed by atoms with Crippen LogP contribution in [0.1, 0.15) is 44.1 Å². The molecule has 130 valence electrons. The third-order valence-corrected chi connectivity index (χ3v) is 5.46. The van der Waals surface area contributed by atoms with Crippen molar-refractivity contribution in [3.05, 3.63) is 35.2 Å². The number of quaternary nitrogens is 1. The summed E-state index contributed by atoms with van der Waals surface area (Å²) < 4.78 is 7.52. The number of ether oxygens (including phenoxy) is 1. The normalized spacial score (nSPS) is 18.5. The number of benzene rings is 1. The van der Waals surface area contributed by atoms with Crippen LogP contribution in [-0.4, -0.2) is 46.5 Å². The first-order valence-electron chi connectivity index (χ1n) is 8.92. The van der Waals surface area contributed by atoms with Crippen LogP contribution in [0.5, 0.6) is 0 Å². The Morgan fingerprint density at radius 3 is 2.67 bits per heavy atom. The van der Waals surface area contributed by atoms with E-state index in [1.807, 2.05) is 4.68 Å². The van der Waals surface area contributed by atoms with Gasteiger partial charge in [-0.15, -0.1) is 5.10 Å². The molecule has 1 atom stereocenters. The number of morpholine rings is 1. The number of hydrogen-bond acceptors (Lipinski definition) is 4. The van der Waals surface area contributed by atoms with Crippen LogP contribution in [-0.2, 0) is 16.7 Å². The summed E-state index contributed by atoms with van der Waals surface area (Å²) in [5, 5.41) is 12.9. The van der Waals surface area contributed by atoms with E-state index >= 15 is 0 Å². The van der Waals surface area contributed by atoms with Crippen LogP contribution in [0.3, 0.4) is 0 Å². The minimum absolute atomic E-state index is 0.124. The van der Waals surface area contributed by atoms with E-state index in [1.54, 1.807) is 0 Å². The average Bonchev–Trinajstić information content (AvgIpc) is 3.11. The van der Waals surface area contributed by atoms with Crippen LogP contribution in [0.4, 0.5) is 0 Å². The van der Waals surface area contributed by atoms with Gasteiger partial charge in [0.05, 0.1) is 18.9 Å². The Morgan fingerprint density at radius 2 is 2.00 bits per heavy atom. The lowest BCUT2D eigenvalue weighted by atomic mass is 9.94. The molecule has 1 aromatic heterocycles. The Bertz CT molecular complexity index is 692. The minimum Gasteiger partial charge on any atom is -0.370 e. The first-order valence-corrected chi connectivity index (χ1v) is 8.92.